The van der Waals surface area contributed by atoms with Crippen LogP contribution in [0.3, 0.4) is 0 Å². The average Bonchev–Trinajstić information content (AvgIpc) is 3.01. The highest BCUT2D eigenvalue weighted by Gasteiger charge is 2.46. The van der Waals surface area contributed by atoms with Gasteiger partial charge in [-0.15, -0.1) is 13.2 Å². The van der Waals surface area contributed by atoms with Gasteiger partial charge >= 0.3 is 0 Å². The Morgan fingerprint density at radius 2 is 2.21 bits per heavy atom. The van der Waals surface area contributed by atoms with Crippen LogP contribution in [0.2, 0.25) is 0 Å². The quantitative estimate of drug-likeness (QED) is 0.592. The first-order valence-corrected chi connectivity index (χ1v) is 11.9. The van der Waals surface area contributed by atoms with Crippen molar-refractivity contribution in [3.05, 3.63) is 18.6 Å². The van der Waals surface area contributed by atoms with Gasteiger partial charge in [0.25, 0.3) is 0 Å². The Morgan fingerprint density at radius 3 is 2.88 bits per heavy atom. The van der Waals surface area contributed by atoms with Crippen LogP contribution < -0.4 is 5.73 Å². The number of rotatable bonds is 4. The number of aliphatic hydroxyl groups excluding tert-OH is 1. The number of aliphatic hydroxyl groups is 1. The third-order valence-corrected chi connectivity index (χ3v) is 6.90. The number of halogens is 1. The molecular formula is C16H24BrN4O2P. The molecule has 132 valence electrons. The zero-order valence-electron chi connectivity index (χ0n) is 14.1. The van der Waals surface area contributed by atoms with Crippen LogP contribution in [-0.4, -0.2) is 62.5 Å². The largest absolute Gasteiger partial charge is 0.397 e. The number of imidazole rings is 1. The lowest BCUT2D eigenvalue weighted by atomic mass is 10.0. The third-order valence-electron chi connectivity index (χ3n) is 4.34. The van der Waals surface area contributed by atoms with Crippen LogP contribution in [0.15, 0.2) is 18.6 Å². The number of pyridine rings is 1. The van der Waals surface area contributed by atoms with Crippen molar-refractivity contribution < 1.29 is 9.84 Å². The van der Waals surface area contributed by atoms with Crippen molar-refractivity contribution in [1.29, 1.82) is 0 Å². The highest BCUT2D eigenvalue weighted by atomic mass is 79.9. The summed E-state index contributed by atoms with van der Waals surface area (Å²) in [6.07, 6.45) is 7.33. The summed E-state index contributed by atoms with van der Waals surface area (Å²) < 4.78 is 8.06. The van der Waals surface area contributed by atoms with Gasteiger partial charge in [0.05, 0.1) is 29.0 Å². The number of ether oxygens (including phenoxy) is 1. The molecule has 0 saturated carbocycles. The van der Waals surface area contributed by atoms with Crippen molar-refractivity contribution >= 4 is 46.0 Å². The van der Waals surface area contributed by atoms with E-state index in [4.69, 9.17) is 10.5 Å². The Balaban J connectivity index is 1.89. The second kappa shape index (κ2) is 6.45. The van der Waals surface area contributed by atoms with Gasteiger partial charge in [-0.05, 0) is 31.5 Å². The fourth-order valence-corrected chi connectivity index (χ4v) is 5.83. The average molecular weight is 415 g/mol. The molecule has 24 heavy (non-hydrogen) atoms. The number of aromatic nitrogens is 3. The van der Waals surface area contributed by atoms with E-state index in [1.54, 1.807) is 18.6 Å². The SMILES string of the molecule is C=P(C)(C)CC(C)[C@H]1O[C@@H](n2cnc3c(N)ccnc32)[C@H](Br)[C@@H]1O. The van der Waals surface area contributed by atoms with E-state index in [1.165, 1.54) is 0 Å². The molecule has 1 fully saturated rings. The van der Waals surface area contributed by atoms with Crippen molar-refractivity contribution in [2.24, 2.45) is 5.92 Å². The molecule has 0 radical (unpaired) electrons. The number of alkyl halides is 1. The Morgan fingerprint density at radius 1 is 1.50 bits per heavy atom. The number of nitrogens with zero attached hydrogens (tertiary/aromatic N) is 3. The summed E-state index contributed by atoms with van der Waals surface area (Å²) in [5, 5.41) is 10.7. The zero-order valence-corrected chi connectivity index (χ0v) is 16.6. The molecule has 3 N–H and O–H groups in total. The fourth-order valence-electron chi connectivity index (χ4n) is 3.38. The molecule has 8 heteroatoms. The normalized spacial score (nSPS) is 29.2. The smallest absolute Gasteiger partial charge is 0.164 e. The molecule has 0 aromatic carbocycles. The van der Waals surface area contributed by atoms with Gasteiger partial charge in [0, 0.05) is 6.20 Å². The minimum Gasteiger partial charge on any atom is -0.397 e. The lowest BCUT2D eigenvalue weighted by molar-refractivity contribution is -0.0391. The predicted molar refractivity (Wildman–Crippen MR) is 104 cm³/mol. The summed E-state index contributed by atoms with van der Waals surface area (Å²) in [6.45, 7) is 5.31. The molecule has 0 amide bonds. The molecule has 3 rings (SSSR count). The lowest BCUT2D eigenvalue weighted by Crippen LogP contribution is -2.33. The maximum Gasteiger partial charge on any atom is 0.164 e. The molecule has 1 saturated heterocycles. The van der Waals surface area contributed by atoms with Gasteiger partial charge in [-0.1, -0.05) is 22.9 Å². The van der Waals surface area contributed by atoms with Gasteiger partial charge in [0.1, 0.15) is 5.52 Å². The maximum atomic E-state index is 10.7. The summed E-state index contributed by atoms with van der Waals surface area (Å²) in [5.74, 6) is 0.221. The van der Waals surface area contributed by atoms with Crippen molar-refractivity contribution in [1.82, 2.24) is 14.5 Å². The van der Waals surface area contributed by atoms with E-state index in [2.05, 4.69) is 52.5 Å². The summed E-state index contributed by atoms with van der Waals surface area (Å²) >= 11 is 3.59. The maximum absolute atomic E-state index is 10.7. The minimum absolute atomic E-state index is 0.221. The first-order valence-electron chi connectivity index (χ1n) is 7.91. The minimum atomic E-state index is -1.20. The van der Waals surface area contributed by atoms with Gasteiger partial charge < -0.3 is 15.6 Å². The Bertz CT molecular complexity index is 789. The van der Waals surface area contributed by atoms with Crippen molar-refractivity contribution in [2.75, 3.05) is 25.2 Å². The number of nitrogens with two attached hydrogens (primary N) is 1. The van der Waals surface area contributed by atoms with Gasteiger partial charge in [0.2, 0.25) is 0 Å². The van der Waals surface area contributed by atoms with E-state index in [-0.39, 0.29) is 23.1 Å². The molecule has 0 bridgehead atoms. The first-order chi connectivity index (χ1) is 11.2. The molecular weight excluding hydrogens is 391 g/mol. The first kappa shape index (κ1) is 17.9. The summed E-state index contributed by atoms with van der Waals surface area (Å²) in [4.78, 5) is 8.47. The molecule has 1 aliphatic rings. The number of anilines is 1. The molecule has 6 nitrogen and oxygen atoms in total. The second-order valence-electron chi connectivity index (χ2n) is 7.25. The lowest BCUT2D eigenvalue weighted by Gasteiger charge is -2.26. The number of fused-ring (bicyclic) bond motifs is 1. The molecule has 5 atom stereocenters. The molecule has 1 unspecified atom stereocenters. The number of hydrogen-bond donors (Lipinski definition) is 2. The van der Waals surface area contributed by atoms with Gasteiger partial charge in [-0.2, -0.15) is 0 Å². The molecule has 3 heterocycles. The van der Waals surface area contributed by atoms with Crippen molar-refractivity contribution in [2.45, 2.75) is 30.2 Å². The topological polar surface area (TPSA) is 86.2 Å². The van der Waals surface area contributed by atoms with Gasteiger partial charge in [-0.3, -0.25) is 4.57 Å². The van der Waals surface area contributed by atoms with Crippen molar-refractivity contribution in [3.8, 4) is 0 Å². The summed E-state index contributed by atoms with van der Waals surface area (Å²) in [5.41, 5.74) is 7.85. The van der Waals surface area contributed by atoms with E-state index in [9.17, 15) is 5.11 Å². The van der Waals surface area contributed by atoms with Gasteiger partial charge in [-0.25, -0.2) is 9.97 Å². The number of hydrogen-bond acceptors (Lipinski definition) is 5. The number of nitrogen functional groups attached to an aromatic ring is 1. The second-order valence-corrected chi connectivity index (χ2v) is 12.5. The van der Waals surface area contributed by atoms with E-state index >= 15 is 0 Å². The third kappa shape index (κ3) is 3.27. The van der Waals surface area contributed by atoms with Crippen LogP contribution in [0.25, 0.3) is 11.2 Å². The molecule has 1 aliphatic heterocycles. The van der Waals surface area contributed by atoms with Gasteiger partial charge in [0.15, 0.2) is 11.9 Å². The fraction of sp³-hybridized carbons (Fsp3) is 0.562. The van der Waals surface area contributed by atoms with Crippen LogP contribution >= 0.6 is 22.8 Å². The summed E-state index contributed by atoms with van der Waals surface area (Å²) in [7, 11) is 0. The molecule has 2 aromatic heterocycles. The van der Waals surface area contributed by atoms with Crippen LogP contribution in [0.4, 0.5) is 5.69 Å². The standard InChI is InChI=1S/C16H24BrN4O2P/c1-9(7-24(2,3)4)14-13(22)11(17)16(23-14)21-8-20-12-10(18)5-6-19-15(12)21/h5-6,8-9,11,13-14,16,22H,2,7H2,1,3-4H3,(H2,18,19)/t9?,11-,13+,14-,16-/m1/s1. The molecule has 0 spiro atoms. The van der Waals surface area contributed by atoms with Crippen LogP contribution in [0.5, 0.6) is 0 Å². The van der Waals surface area contributed by atoms with E-state index in [1.807, 2.05) is 4.57 Å². The molecule has 0 aliphatic carbocycles. The predicted octanol–water partition coefficient (Wildman–Crippen LogP) is 2.38. The monoisotopic (exact) mass is 414 g/mol. The Kier molecular flexibility index (Phi) is 4.82. The zero-order chi connectivity index (χ0) is 17.6. The molecule has 2 aromatic rings. The van der Waals surface area contributed by atoms with E-state index in [0.717, 1.165) is 6.16 Å². The van der Waals surface area contributed by atoms with Crippen molar-refractivity contribution in [3.63, 3.8) is 0 Å². The van der Waals surface area contributed by atoms with E-state index in [0.29, 0.717) is 16.9 Å². The van der Waals surface area contributed by atoms with Crippen LogP contribution in [-0.2, 0) is 4.74 Å². The summed E-state index contributed by atoms with van der Waals surface area (Å²) in [6, 6.07) is 1.72. The Labute approximate surface area is 150 Å². The Hall–Kier alpha value is -0.880. The van der Waals surface area contributed by atoms with Crippen LogP contribution in [0, 0.1) is 5.92 Å². The van der Waals surface area contributed by atoms with E-state index < -0.39 is 13.0 Å². The highest BCUT2D eigenvalue weighted by molar-refractivity contribution is 9.09. The highest BCUT2D eigenvalue weighted by Crippen LogP contribution is 2.44. The van der Waals surface area contributed by atoms with Crippen LogP contribution in [0.1, 0.15) is 13.2 Å².